The first-order valence-corrected chi connectivity index (χ1v) is 7.18. The molecule has 0 aromatic carbocycles. The predicted molar refractivity (Wildman–Crippen MR) is 72.8 cm³/mol. The van der Waals surface area contributed by atoms with E-state index in [0.717, 1.165) is 12.8 Å². The zero-order chi connectivity index (χ0) is 14.2. The topological polar surface area (TPSA) is 67.2 Å². The summed E-state index contributed by atoms with van der Waals surface area (Å²) in [5, 5.41) is 7.05. The van der Waals surface area contributed by atoms with Gasteiger partial charge in [0.25, 0.3) is 0 Å². The number of amides is 2. The second-order valence-corrected chi connectivity index (χ2v) is 5.87. The van der Waals surface area contributed by atoms with Crippen molar-refractivity contribution >= 4 is 11.8 Å². The third-order valence-electron chi connectivity index (χ3n) is 4.46. The lowest BCUT2D eigenvalue weighted by Gasteiger charge is -2.34. The quantitative estimate of drug-likeness (QED) is 0.803. The number of carbonyl (C=O) groups is 2. The second kappa shape index (κ2) is 4.92. The Morgan fingerprint density at radius 3 is 3.10 bits per heavy atom. The molecule has 2 unspecified atom stereocenters. The molecule has 0 radical (unpaired) electrons. The van der Waals surface area contributed by atoms with Crippen LogP contribution in [0.5, 0.6) is 0 Å². The van der Waals surface area contributed by atoms with Crippen LogP contribution in [-0.2, 0) is 9.59 Å². The summed E-state index contributed by atoms with van der Waals surface area (Å²) >= 11 is 0. The maximum absolute atomic E-state index is 12.7. The molecule has 1 aromatic heterocycles. The van der Waals surface area contributed by atoms with Crippen molar-refractivity contribution in [3.63, 3.8) is 0 Å². The number of carbonyl (C=O) groups excluding carboxylic acids is 2. The van der Waals surface area contributed by atoms with Crippen LogP contribution in [0.15, 0.2) is 18.5 Å². The Balaban J connectivity index is 1.71. The Hall–Kier alpha value is -1.85. The molecule has 0 saturated carbocycles. The van der Waals surface area contributed by atoms with Gasteiger partial charge in [0.1, 0.15) is 5.41 Å². The van der Waals surface area contributed by atoms with E-state index in [2.05, 4.69) is 10.4 Å². The van der Waals surface area contributed by atoms with Crippen molar-refractivity contribution in [2.75, 3.05) is 19.6 Å². The molecule has 1 N–H and O–H groups in total. The van der Waals surface area contributed by atoms with Gasteiger partial charge in [-0.05, 0) is 32.3 Å². The number of piperidine rings is 1. The summed E-state index contributed by atoms with van der Waals surface area (Å²) in [6, 6.07) is 2.12. The van der Waals surface area contributed by atoms with Crippen LogP contribution in [0.2, 0.25) is 0 Å². The van der Waals surface area contributed by atoms with Crippen molar-refractivity contribution in [3.05, 3.63) is 18.5 Å². The molecule has 2 amide bonds. The zero-order valence-corrected chi connectivity index (χ0v) is 11.7. The third kappa shape index (κ3) is 2.09. The van der Waals surface area contributed by atoms with Crippen LogP contribution in [0.25, 0.3) is 0 Å². The van der Waals surface area contributed by atoms with Crippen LogP contribution in [0.3, 0.4) is 0 Å². The van der Waals surface area contributed by atoms with Crippen LogP contribution >= 0.6 is 0 Å². The Bertz CT molecular complexity index is 513. The molecule has 2 fully saturated rings. The molecule has 6 heteroatoms. The molecule has 3 heterocycles. The molecule has 20 heavy (non-hydrogen) atoms. The molecule has 1 aromatic rings. The van der Waals surface area contributed by atoms with Gasteiger partial charge >= 0.3 is 0 Å². The SMILES string of the molecule is CC1(C(=O)N2CCC(n3cccn3)C2)CCCNC1=O. The lowest BCUT2D eigenvalue weighted by atomic mass is 9.80. The number of aromatic nitrogens is 2. The summed E-state index contributed by atoms with van der Waals surface area (Å²) in [7, 11) is 0. The molecule has 2 saturated heterocycles. The van der Waals surface area contributed by atoms with Gasteiger partial charge in [0.15, 0.2) is 0 Å². The summed E-state index contributed by atoms with van der Waals surface area (Å²) in [5.74, 6) is -0.166. The van der Waals surface area contributed by atoms with E-state index in [1.807, 2.05) is 21.8 Å². The van der Waals surface area contributed by atoms with E-state index in [1.54, 1.807) is 13.1 Å². The molecule has 2 aliphatic heterocycles. The minimum absolute atomic E-state index is 0.0376. The van der Waals surface area contributed by atoms with E-state index >= 15 is 0 Å². The number of nitrogens with zero attached hydrogens (tertiary/aromatic N) is 3. The fourth-order valence-electron chi connectivity index (χ4n) is 3.14. The minimum Gasteiger partial charge on any atom is -0.355 e. The van der Waals surface area contributed by atoms with E-state index in [9.17, 15) is 9.59 Å². The lowest BCUT2D eigenvalue weighted by Crippen LogP contribution is -2.53. The standard InChI is InChI=1S/C14H20N4O2/c1-14(5-2-6-15-12(14)19)13(20)17-9-4-11(10-17)18-8-3-7-16-18/h3,7-8,11H,2,4-6,9-10H2,1H3,(H,15,19). The van der Waals surface area contributed by atoms with Gasteiger partial charge in [-0.25, -0.2) is 0 Å². The van der Waals surface area contributed by atoms with Crippen LogP contribution in [-0.4, -0.2) is 46.1 Å². The van der Waals surface area contributed by atoms with E-state index < -0.39 is 5.41 Å². The lowest BCUT2D eigenvalue weighted by molar-refractivity contribution is -0.151. The van der Waals surface area contributed by atoms with E-state index in [1.165, 1.54) is 0 Å². The van der Waals surface area contributed by atoms with Crippen LogP contribution in [0.1, 0.15) is 32.2 Å². The average molecular weight is 276 g/mol. The van der Waals surface area contributed by atoms with Crippen molar-refractivity contribution < 1.29 is 9.59 Å². The highest BCUT2D eigenvalue weighted by atomic mass is 16.2. The molecule has 2 aliphatic rings. The van der Waals surface area contributed by atoms with Gasteiger partial charge in [-0.1, -0.05) is 0 Å². The van der Waals surface area contributed by atoms with Crippen molar-refractivity contribution in [2.24, 2.45) is 5.41 Å². The van der Waals surface area contributed by atoms with Crippen molar-refractivity contribution in [1.82, 2.24) is 20.0 Å². The number of hydrogen-bond donors (Lipinski definition) is 1. The first-order valence-electron chi connectivity index (χ1n) is 7.18. The summed E-state index contributed by atoms with van der Waals surface area (Å²) < 4.78 is 1.90. The minimum atomic E-state index is -0.892. The van der Waals surface area contributed by atoms with E-state index in [4.69, 9.17) is 0 Å². The second-order valence-electron chi connectivity index (χ2n) is 5.87. The van der Waals surface area contributed by atoms with Gasteiger partial charge in [-0.3, -0.25) is 14.3 Å². The normalized spacial score (nSPS) is 30.4. The number of rotatable bonds is 2. The van der Waals surface area contributed by atoms with Crippen molar-refractivity contribution in [3.8, 4) is 0 Å². The van der Waals surface area contributed by atoms with Crippen LogP contribution in [0.4, 0.5) is 0 Å². The molecule has 108 valence electrons. The first-order chi connectivity index (χ1) is 9.61. The highest BCUT2D eigenvalue weighted by molar-refractivity contribution is 6.05. The summed E-state index contributed by atoms with van der Waals surface area (Å²) in [5.41, 5.74) is -0.892. The molecule has 2 atom stereocenters. The van der Waals surface area contributed by atoms with E-state index in [0.29, 0.717) is 26.1 Å². The highest BCUT2D eigenvalue weighted by Gasteiger charge is 2.46. The monoisotopic (exact) mass is 276 g/mol. The molecule has 0 bridgehead atoms. The van der Waals surface area contributed by atoms with Gasteiger partial charge in [0, 0.05) is 32.0 Å². The Kier molecular flexibility index (Phi) is 3.23. The maximum Gasteiger partial charge on any atom is 0.238 e. The predicted octanol–water partition coefficient (Wildman–Crippen LogP) is 0.573. The largest absolute Gasteiger partial charge is 0.355 e. The zero-order valence-electron chi connectivity index (χ0n) is 11.7. The fraction of sp³-hybridized carbons (Fsp3) is 0.643. The van der Waals surface area contributed by atoms with Gasteiger partial charge < -0.3 is 10.2 Å². The van der Waals surface area contributed by atoms with E-state index in [-0.39, 0.29) is 17.9 Å². The van der Waals surface area contributed by atoms with Crippen molar-refractivity contribution in [2.45, 2.75) is 32.2 Å². The van der Waals surface area contributed by atoms with Crippen LogP contribution in [0, 0.1) is 5.41 Å². The number of hydrogen-bond acceptors (Lipinski definition) is 3. The van der Waals surface area contributed by atoms with Gasteiger partial charge in [-0.15, -0.1) is 0 Å². The number of nitrogens with one attached hydrogen (secondary N) is 1. The average Bonchev–Trinajstić information content (AvgIpc) is 3.11. The molecule has 3 rings (SSSR count). The molecular formula is C14H20N4O2. The summed E-state index contributed by atoms with van der Waals surface area (Å²) in [4.78, 5) is 26.5. The van der Waals surface area contributed by atoms with Gasteiger partial charge in [-0.2, -0.15) is 5.10 Å². The maximum atomic E-state index is 12.7. The Morgan fingerprint density at radius 1 is 1.55 bits per heavy atom. The van der Waals surface area contributed by atoms with Gasteiger partial charge in [0.2, 0.25) is 11.8 Å². The summed E-state index contributed by atoms with van der Waals surface area (Å²) in [6.45, 7) is 3.79. The van der Waals surface area contributed by atoms with Crippen LogP contribution < -0.4 is 5.32 Å². The third-order valence-corrected chi connectivity index (χ3v) is 4.46. The fourth-order valence-corrected chi connectivity index (χ4v) is 3.14. The molecule has 6 nitrogen and oxygen atoms in total. The molecule has 0 aliphatic carbocycles. The number of likely N-dealkylation sites (tertiary alicyclic amines) is 1. The first kappa shape index (κ1) is 13.1. The molecular weight excluding hydrogens is 256 g/mol. The van der Waals surface area contributed by atoms with Crippen molar-refractivity contribution in [1.29, 1.82) is 0 Å². The smallest absolute Gasteiger partial charge is 0.238 e. The summed E-state index contributed by atoms with van der Waals surface area (Å²) in [6.07, 6.45) is 6.07. The molecule has 0 spiro atoms. The Labute approximate surface area is 118 Å². The Morgan fingerprint density at radius 2 is 2.40 bits per heavy atom. The van der Waals surface area contributed by atoms with Gasteiger partial charge in [0.05, 0.1) is 6.04 Å². The highest BCUT2D eigenvalue weighted by Crippen LogP contribution is 2.32.